The van der Waals surface area contributed by atoms with E-state index in [1.54, 1.807) is 0 Å². The summed E-state index contributed by atoms with van der Waals surface area (Å²) in [5.41, 5.74) is 2.75. The molecule has 0 aliphatic carbocycles. The predicted molar refractivity (Wildman–Crippen MR) is 83.8 cm³/mol. The number of aryl methyl sites for hydroxylation is 1. The van der Waals surface area contributed by atoms with Crippen molar-refractivity contribution in [2.75, 3.05) is 39.8 Å². The van der Waals surface area contributed by atoms with Gasteiger partial charge < -0.3 is 14.9 Å². The molecule has 1 N–H and O–H groups in total. The van der Waals surface area contributed by atoms with E-state index >= 15 is 0 Å². The third-order valence-corrected chi connectivity index (χ3v) is 4.23. The van der Waals surface area contributed by atoms with Crippen LogP contribution in [0.3, 0.4) is 0 Å². The molecular weight excluding hydrogens is 248 g/mol. The third kappa shape index (κ3) is 4.89. The summed E-state index contributed by atoms with van der Waals surface area (Å²) in [5, 5.41) is 8.97. The first-order valence-corrected chi connectivity index (χ1v) is 7.74. The van der Waals surface area contributed by atoms with Crippen molar-refractivity contribution in [1.82, 2.24) is 9.80 Å². The molecule has 0 spiro atoms. The molecule has 1 heterocycles. The van der Waals surface area contributed by atoms with Crippen molar-refractivity contribution in [3.05, 3.63) is 35.4 Å². The monoisotopic (exact) mass is 276 g/mol. The Balaban J connectivity index is 1.74. The van der Waals surface area contributed by atoms with Gasteiger partial charge in [0, 0.05) is 19.6 Å². The zero-order valence-corrected chi connectivity index (χ0v) is 12.9. The van der Waals surface area contributed by atoms with E-state index in [1.165, 1.54) is 30.5 Å². The fraction of sp³-hybridized carbons (Fsp3) is 0.647. The van der Waals surface area contributed by atoms with Gasteiger partial charge in [-0.1, -0.05) is 29.8 Å². The average Bonchev–Trinajstić information content (AvgIpc) is 2.41. The third-order valence-electron chi connectivity index (χ3n) is 4.23. The lowest BCUT2D eigenvalue weighted by Gasteiger charge is -2.33. The van der Waals surface area contributed by atoms with E-state index in [9.17, 15) is 0 Å². The highest BCUT2D eigenvalue weighted by atomic mass is 16.3. The van der Waals surface area contributed by atoms with Crippen LogP contribution in [0.15, 0.2) is 24.3 Å². The molecule has 2 rings (SSSR count). The average molecular weight is 276 g/mol. The summed E-state index contributed by atoms with van der Waals surface area (Å²) >= 11 is 0. The maximum absolute atomic E-state index is 8.97. The summed E-state index contributed by atoms with van der Waals surface area (Å²) in [7, 11) is 2.22. The zero-order valence-electron chi connectivity index (χ0n) is 12.9. The zero-order chi connectivity index (χ0) is 14.4. The minimum absolute atomic E-state index is 0.290. The highest BCUT2D eigenvalue weighted by Gasteiger charge is 2.19. The number of nitrogens with zero attached hydrogens (tertiary/aromatic N) is 2. The number of aliphatic hydroxyl groups excluding tert-OH is 1. The van der Waals surface area contributed by atoms with Crippen molar-refractivity contribution in [3.63, 3.8) is 0 Å². The van der Waals surface area contributed by atoms with Crippen LogP contribution < -0.4 is 0 Å². The first-order valence-electron chi connectivity index (χ1n) is 7.74. The van der Waals surface area contributed by atoms with Crippen LogP contribution in [-0.4, -0.2) is 54.7 Å². The molecule has 1 aromatic carbocycles. The number of likely N-dealkylation sites (tertiary alicyclic amines) is 1. The summed E-state index contributed by atoms with van der Waals surface area (Å²) in [5.74, 6) is 0.805. The van der Waals surface area contributed by atoms with E-state index in [-0.39, 0.29) is 6.61 Å². The normalized spacial score (nSPS) is 17.8. The molecule has 0 atom stereocenters. The molecule has 3 nitrogen and oxygen atoms in total. The summed E-state index contributed by atoms with van der Waals surface area (Å²) in [4.78, 5) is 4.82. The Morgan fingerprint density at radius 1 is 1.30 bits per heavy atom. The van der Waals surface area contributed by atoms with Gasteiger partial charge >= 0.3 is 0 Å². The van der Waals surface area contributed by atoms with Crippen LogP contribution in [0.1, 0.15) is 24.0 Å². The van der Waals surface area contributed by atoms with Crippen LogP contribution in [-0.2, 0) is 6.54 Å². The second kappa shape index (κ2) is 7.77. The Morgan fingerprint density at radius 2 is 2.05 bits per heavy atom. The van der Waals surface area contributed by atoms with Crippen molar-refractivity contribution >= 4 is 0 Å². The minimum atomic E-state index is 0.290. The topological polar surface area (TPSA) is 26.7 Å². The molecule has 0 bridgehead atoms. The molecule has 1 saturated heterocycles. The van der Waals surface area contributed by atoms with Gasteiger partial charge in [-0.15, -0.1) is 0 Å². The van der Waals surface area contributed by atoms with E-state index in [2.05, 4.69) is 48.0 Å². The lowest BCUT2D eigenvalue weighted by atomic mass is 9.96. The minimum Gasteiger partial charge on any atom is -0.395 e. The number of aliphatic hydroxyl groups is 1. The van der Waals surface area contributed by atoms with Crippen LogP contribution in [0.5, 0.6) is 0 Å². The Hall–Kier alpha value is -0.900. The molecule has 0 saturated carbocycles. The van der Waals surface area contributed by atoms with Gasteiger partial charge in [0.2, 0.25) is 0 Å². The molecule has 0 amide bonds. The summed E-state index contributed by atoms with van der Waals surface area (Å²) < 4.78 is 0. The summed E-state index contributed by atoms with van der Waals surface area (Å²) in [6.45, 7) is 7.79. The molecule has 1 aliphatic heterocycles. The molecule has 0 aromatic heterocycles. The van der Waals surface area contributed by atoms with Gasteiger partial charge in [-0.25, -0.2) is 0 Å². The molecule has 1 aliphatic rings. The van der Waals surface area contributed by atoms with Crippen LogP contribution in [0.4, 0.5) is 0 Å². The molecule has 112 valence electrons. The van der Waals surface area contributed by atoms with Crippen LogP contribution in [0, 0.1) is 12.8 Å². The molecule has 1 fully saturated rings. The second-order valence-electron chi connectivity index (χ2n) is 6.19. The standard InChI is InChI=1S/C17H28N2O/c1-15-4-3-5-17(12-15)14-18(2)13-16-6-8-19(9-7-16)10-11-20/h3-5,12,16,20H,6-11,13-14H2,1-2H3. The largest absolute Gasteiger partial charge is 0.395 e. The Morgan fingerprint density at radius 3 is 2.70 bits per heavy atom. The second-order valence-corrected chi connectivity index (χ2v) is 6.19. The number of benzene rings is 1. The quantitative estimate of drug-likeness (QED) is 0.862. The van der Waals surface area contributed by atoms with Gasteiger partial charge in [-0.05, 0) is 51.4 Å². The summed E-state index contributed by atoms with van der Waals surface area (Å²) in [6, 6.07) is 8.79. The van der Waals surface area contributed by atoms with E-state index in [4.69, 9.17) is 5.11 Å². The molecule has 1 aromatic rings. The Kier molecular flexibility index (Phi) is 6.02. The first kappa shape index (κ1) is 15.5. The number of β-amino-alcohol motifs (C(OH)–C–C–N with tert-alkyl or cyclic N) is 1. The van der Waals surface area contributed by atoms with Gasteiger partial charge in [0.15, 0.2) is 0 Å². The van der Waals surface area contributed by atoms with Gasteiger partial charge in [-0.3, -0.25) is 0 Å². The van der Waals surface area contributed by atoms with E-state index in [1.807, 2.05) is 0 Å². The van der Waals surface area contributed by atoms with E-state index < -0.39 is 0 Å². The molecule has 3 heteroatoms. The number of rotatable bonds is 6. The van der Waals surface area contributed by atoms with Gasteiger partial charge in [0.05, 0.1) is 6.61 Å². The van der Waals surface area contributed by atoms with Crippen LogP contribution >= 0.6 is 0 Å². The van der Waals surface area contributed by atoms with Crippen molar-refractivity contribution < 1.29 is 5.11 Å². The smallest absolute Gasteiger partial charge is 0.0558 e. The van der Waals surface area contributed by atoms with Crippen molar-refractivity contribution in [1.29, 1.82) is 0 Å². The highest BCUT2D eigenvalue weighted by molar-refractivity contribution is 5.21. The molecular formula is C17H28N2O. The SMILES string of the molecule is Cc1cccc(CN(C)CC2CCN(CCO)CC2)c1. The molecule has 0 radical (unpaired) electrons. The number of hydrogen-bond donors (Lipinski definition) is 1. The molecule has 0 unspecified atom stereocenters. The first-order chi connectivity index (χ1) is 9.67. The Labute approximate surface area is 123 Å². The predicted octanol–water partition coefficient (Wildman–Crippen LogP) is 2.13. The van der Waals surface area contributed by atoms with Crippen LogP contribution in [0.25, 0.3) is 0 Å². The van der Waals surface area contributed by atoms with Crippen molar-refractivity contribution in [3.8, 4) is 0 Å². The fourth-order valence-corrected chi connectivity index (χ4v) is 3.16. The number of piperidine rings is 1. The lowest BCUT2D eigenvalue weighted by Crippen LogP contribution is -2.38. The van der Waals surface area contributed by atoms with E-state index in [0.717, 1.165) is 32.1 Å². The highest BCUT2D eigenvalue weighted by Crippen LogP contribution is 2.18. The fourth-order valence-electron chi connectivity index (χ4n) is 3.16. The Bertz CT molecular complexity index is 400. The van der Waals surface area contributed by atoms with Gasteiger partial charge in [-0.2, -0.15) is 0 Å². The number of hydrogen-bond acceptors (Lipinski definition) is 3. The van der Waals surface area contributed by atoms with Gasteiger partial charge in [0.25, 0.3) is 0 Å². The van der Waals surface area contributed by atoms with E-state index in [0.29, 0.717) is 0 Å². The lowest BCUT2D eigenvalue weighted by molar-refractivity contribution is 0.129. The maximum atomic E-state index is 8.97. The maximum Gasteiger partial charge on any atom is 0.0558 e. The van der Waals surface area contributed by atoms with Crippen LogP contribution in [0.2, 0.25) is 0 Å². The van der Waals surface area contributed by atoms with Crippen molar-refractivity contribution in [2.24, 2.45) is 5.92 Å². The van der Waals surface area contributed by atoms with Gasteiger partial charge in [0.1, 0.15) is 0 Å². The summed E-state index contributed by atoms with van der Waals surface area (Å²) in [6.07, 6.45) is 2.52. The van der Waals surface area contributed by atoms with Crippen molar-refractivity contribution in [2.45, 2.75) is 26.3 Å². The molecule has 20 heavy (non-hydrogen) atoms.